The van der Waals surface area contributed by atoms with Crippen LogP contribution in [0.15, 0.2) is 72.5 Å². The van der Waals surface area contributed by atoms with Gasteiger partial charge in [0.25, 0.3) is 0 Å². The summed E-state index contributed by atoms with van der Waals surface area (Å²) in [7, 11) is 0. The molecule has 0 aliphatic heterocycles. The Hall–Kier alpha value is -3.38. The number of rotatable bonds is 4. The lowest BCUT2D eigenvalue weighted by Crippen LogP contribution is -2.02. The minimum Gasteiger partial charge on any atom is -0.338 e. The van der Waals surface area contributed by atoms with Crippen LogP contribution in [-0.4, -0.2) is 20.2 Å². The zero-order valence-corrected chi connectivity index (χ0v) is 15.1. The van der Waals surface area contributed by atoms with E-state index in [-0.39, 0.29) is 0 Å². The molecule has 0 aliphatic rings. The lowest BCUT2D eigenvalue weighted by molar-refractivity contribution is 0.960. The molecule has 0 aliphatic carbocycles. The Morgan fingerprint density at radius 3 is 2.63 bits per heavy atom. The van der Waals surface area contributed by atoms with Gasteiger partial charge < -0.3 is 5.32 Å². The smallest absolute Gasteiger partial charge is 0.160 e. The predicted molar refractivity (Wildman–Crippen MR) is 109 cm³/mol. The Bertz CT molecular complexity index is 1230. The third kappa shape index (κ3) is 3.11. The first kappa shape index (κ1) is 15.8. The van der Waals surface area contributed by atoms with Crippen molar-refractivity contribution in [1.29, 1.82) is 0 Å². The molecule has 1 N–H and O–H groups in total. The number of nitrogens with one attached hydrogen (secondary N) is 1. The monoisotopic (exact) mass is 369 g/mol. The van der Waals surface area contributed by atoms with Gasteiger partial charge in [0.15, 0.2) is 5.82 Å². The number of hydrogen-bond donors (Lipinski definition) is 1. The number of anilines is 2. The van der Waals surface area contributed by atoms with E-state index in [1.165, 1.54) is 5.56 Å². The van der Waals surface area contributed by atoms with Crippen LogP contribution in [-0.2, 0) is 6.42 Å². The molecule has 0 unspecified atom stereocenters. The number of hydrogen-bond acceptors (Lipinski definition) is 6. The molecule has 5 aromatic rings. The molecule has 6 heteroatoms. The van der Waals surface area contributed by atoms with Crippen molar-refractivity contribution < 1.29 is 0 Å². The topological polar surface area (TPSA) is 63.6 Å². The second-order valence-electron chi connectivity index (χ2n) is 6.23. The van der Waals surface area contributed by atoms with E-state index >= 15 is 0 Å². The van der Waals surface area contributed by atoms with Crippen LogP contribution in [0, 0.1) is 0 Å². The summed E-state index contributed by atoms with van der Waals surface area (Å²) in [6.07, 6.45) is 4.33. The molecule has 0 fully saturated rings. The van der Waals surface area contributed by atoms with Crippen molar-refractivity contribution in [3.63, 3.8) is 0 Å². The summed E-state index contributed by atoms with van der Waals surface area (Å²) in [6, 6.07) is 18.4. The van der Waals surface area contributed by atoms with Crippen LogP contribution in [0.25, 0.3) is 21.0 Å². The van der Waals surface area contributed by atoms with Crippen LogP contribution in [0.2, 0.25) is 0 Å². The maximum Gasteiger partial charge on any atom is 0.160 e. The quantitative estimate of drug-likeness (QED) is 0.485. The van der Waals surface area contributed by atoms with Gasteiger partial charge in [-0.15, -0.1) is 16.4 Å². The molecular weight excluding hydrogens is 354 g/mol. The zero-order valence-electron chi connectivity index (χ0n) is 14.3. The highest BCUT2D eigenvalue weighted by Gasteiger charge is 2.10. The largest absolute Gasteiger partial charge is 0.338 e. The standard InChI is InChI=1S/C21H15N5S/c1-2-4-17-16(3-1)19(11-14-7-9-22-10-8-14)25-26-21(17)24-15-5-6-18-20(12-15)27-13-23-18/h1-10,12-13H,11H2,(H,24,26). The Kier molecular flexibility index (Phi) is 3.95. The average molecular weight is 369 g/mol. The van der Waals surface area contributed by atoms with E-state index in [1.54, 1.807) is 23.7 Å². The van der Waals surface area contributed by atoms with Gasteiger partial charge in [0.05, 0.1) is 21.4 Å². The molecule has 0 radical (unpaired) electrons. The van der Waals surface area contributed by atoms with Crippen molar-refractivity contribution in [2.24, 2.45) is 0 Å². The summed E-state index contributed by atoms with van der Waals surface area (Å²) in [4.78, 5) is 8.40. The van der Waals surface area contributed by atoms with E-state index in [0.29, 0.717) is 0 Å². The van der Waals surface area contributed by atoms with E-state index in [4.69, 9.17) is 0 Å². The predicted octanol–water partition coefficient (Wildman–Crippen LogP) is 4.97. The fourth-order valence-electron chi connectivity index (χ4n) is 3.15. The molecular formula is C21H15N5S. The second-order valence-corrected chi connectivity index (χ2v) is 7.12. The van der Waals surface area contributed by atoms with Crippen LogP contribution in [0.1, 0.15) is 11.3 Å². The summed E-state index contributed by atoms with van der Waals surface area (Å²) >= 11 is 1.63. The van der Waals surface area contributed by atoms with E-state index in [0.717, 1.165) is 44.6 Å². The first-order valence-electron chi connectivity index (χ1n) is 8.60. The lowest BCUT2D eigenvalue weighted by atomic mass is 10.0. The third-order valence-electron chi connectivity index (χ3n) is 4.48. The number of benzene rings is 2. The van der Waals surface area contributed by atoms with Gasteiger partial charge >= 0.3 is 0 Å². The highest BCUT2D eigenvalue weighted by molar-refractivity contribution is 7.16. The first-order chi connectivity index (χ1) is 13.4. The SMILES string of the molecule is c1ccc2c(Nc3ccc4ncsc4c3)nnc(Cc3ccncc3)c2c1. The molecule has 5 nitrogen and oxygen atoms in total. The number of nitrogens with zero attached hydrogens (tertiary/aromatic N) is 4. The number of pyridine rings is 1. The maximum atomic E-state index is 4.51. The van der Waals surface area contributed by atoms with Gasteiger partial charge in [-0.05, 0) is 35.9 Å². The molecule has 5 rings (SSSR count). The number of thiazole rings is 1. The molecule has 0 bridgehead atoms. The molecule has 0 amide bonds. The van der Waals surface area contributed by atoms with Gasteiger partial charge in [-0.3, -0.25) is 4.98 Å². The van der Waals surface area contributed by atoms with E-state index in [9.17, 15) is 0 Å². The first-order valence-corrected chi connectivity index (χ1v) is 9.48. The highest BCUT2D eigenvalue weighted by atomic mass is 32.1. The molecule has 0 saturated carbocycles. The summed E-state index contributed by atoms with van der Waals surface area (Å²) < 4.78 is 1.14. The molecule has 27 heavy (non-hydrogen) atoms. The Balaban J connectivity index is 1.54. The van der Waals surface area contributed by atoms with Gasteiger partial charge in [0.2, 0.25) is 0 Å². The van der Waals surface area contributed by atoms with Crippen molar-refractivity contribution in [2.75, 3.05) is 5.32 Å². The fraction of sp³-hybridized carbons (Fsp3) is 0.0476. The molecule has 0 atom stereocenters. The summed E-state index contributed by atoms with van der Waals surface area (Å²) in [5.41, 5.74) is 5.97. The van der Waals surface area contributed by atoms with Crippen LogP contribution < -0.4 is 5.32 Å². The summed E-state index contributed by atoms with van der Waals surface area (Å²) in [5, 5.41) is 14.6. The van der Waals surface area contributed by atoms with Crippen molar-refractivity contribution >= 4 is 43.8 Å². The number of aromatic nitrogens is 4. The molecule has 3 aromatic heterocycles. The highest BCUT2D eigenvalue weighted by Crippen LogP contribution is 2.28. The Morgan fingerprint density at radius 1 is 0.889 bits per heavy atom. The van der Waals surface area contributed by atoms with Crippen molar-refractivity contribution in [3.05, 3.63) is 83.8 Å². The van der Waals surface area contributed by atoms with Crippen LogP contribution in [0.4, 0.5) is 11.5 Å². The fourth-order valence-corrected chi connectivity index (χ4v) is 3.86. The van der Waals surface area contributed by atoms with Gasteiger partial charge in [0.1, 0.15) is 0 Å². The third-order valence-corrected chi connectivity index (χ3v) is 5.27. The molecule has 3 heterocycles. The van der Waals surface area contributed by atoms with Crippen molar-refractivity contribution in [3.8, 4) is 0 Å². The van der Waals surface area contributed by atoms with Gasteiger partial charge in [-0.2, -0.15) is 5.10 Å². The average Bonchev–Trinajstić information content (AvgIpc) is 3.18. The van der Waals surface area contributed by atoms with Gasteiger partial charge in [-0.1, -0.05) is 24.3 Å². The number of fused-ring (bicyclic) bond motifs is 2. The maximum absolute atomic E-state index is 4.51. The Labute approximate surface area is 159 Å². The summed E-state index contributed by atoms with van der Waals surface area (Å²) in [6.45, 7) is 0. The molecule has 0 saturated heterocycles. The van der Waals surface area contributed by atoms with E-state index in [1.807, 2.05) is 41.9 Å². The van der Waals surface area contributed by atoms with Crippen LogP contribution >= 0.6 is 11.3 Å². The zero-order chi connectivity index (χ0) is 18.1. The van der Waals surface area contributed by atoms with Crippen molar-refractivity contribution in [2.45, 2.75) is 6.42 Å². The normalized spacial score (nSPS) is 11.1. The van der Waals surface area contributed by atoms with Crippen molar-refractivity contribution in [1.82, 2.24) is 20.2 Å². The lowest BCUT2D eigenvalue weighted by Gasteiger charge is -2.11. The van der Waals surface area contributed by atoms with E-state index < -0.39 is 0 Å². The van der Waals surface area contributed by atoms with Gasteiger partial charge in [0, 0.05) is 35.3 Å². The Morgan fingerprint density at radius 2 is 1.74 bits per heavy atom. The minimum atomic E-state index is 0.725. The molecule has 2 aromatic carbocycles. The second kappa shape index (κ2) is 6.74. The summed E-state index contributed by atoms with van der Waals surface area (Å²) in [5.74, 6) is 0.757. The minimum absolute atomic E-state index is 0.725. The van der Waals surface area contributed by atoms with E-state index in [2.05, 4.69) is 43.7 Å². The molecule has 0 spiro atoms. The van der Waals surface area contributed by atoms with Crippen LogP contribution in [0.3, 0.4) is 0 Å². The van der Waals surface area contributed by atoms with Crippen LogP contribution in [0.5, 0.6) is 0 Å². The molecule has 130 valence electrons. The van der Waals surface area contributed by atoms with Gasteiger partial charge in [-0.25, -0.2) is 4.98 Å².